The smallest absolute Gasteiger partial charge is 0.339 e. The molecule has 7 nitrogen and oxygen atoms in total. The molecule has 122 valence electrons. The van der Waals surface area contributed by atoms with Gasteiger partial charge in [-0.2, -0.15) is 0 Å². The third-order valence-electron chi connectivity index (χ3n) is 3.32. The molecule has 0 saturated heterocycles. The number of nitrogens with one attached hydrogen (secondary N) is 1. The Balaban J connectivity index is 2.01. The first-order valence-electron chi connectivity index (χ1n) is 6.91. The minimum Gasteiger partial charge on any atom is -0.465 e. The monoisotopic (exact) mass is 343 g/mol. The van der Waals surface area contributed by atoms with E-state index in [0.29, 0.717) is 11.2 Å². The molecule has 3 rings (SSSR count). The molecule has 0 aliphatic heterocycles. The van der Waals surface area contributed by atoms with E-state index in [0.717, 1.165) is 11.6 Å². The molecule has 1 N–H and O–H groups in total. The molecule has 8 heteroatoms. The molecule has 0 radical (unpaired) electrons. The van der Waals surface area contributed by atoms with Crippen molar-refractivity contribution in [3.8, 4) is 0 Å². The molecule has 0 atom stereocenters. The number of carbonyl (C=O) groups excluding carboxylic acids is 1. The zero-order chi connectivity index (χ0) is 17.2. The van der Waals surface area contributed by atoms with Crippen LogP contribution in [0.4, 0.5) is 5.69 Å². The van der Waals surface area contributed by atoms with Crippen LogP contribution in [-0.2, 0) is 14.8 Å². The first kappa shape index (κ1) is 15.9. The van der Waals surface area contributed by atoms with Crippen LogP contribution < -0.4 is 4.72 Å². The van der Waals surface area contributed by atoms with Gasteiger partial charge in [0.05, 0.1) is 23.9 Å². The number of carbonyl (C=O) groups is 1. The number of esters is 1. The van der Waals surface area contributed by atoms with Gasteiger partial charge in [-0.1, -0.05) is 18.2 Å². The van der Waals surface area contributed by atoms with Crippen molar-refractivity contribution in [3.05, 3.63) is 60.6 Å². The summed E-state index contributed by atoms with van der Waals surface area (Å²) in [5.41, 5.74) is 0.925. The highest BCUT2D eigenvalue weighted by Crippen LogP contribution is 2.23. The number of methoxy groups -OCH3 is 1. The van der Waals surface area contributed by atoms with Gasteiger partial charge in [0, 0.05) is 24.0 Å². The highest BCUT2D eigenvalue weighted by molar-refractivity contribution is 7.92. The number of hydrogen-bond acceptors (Lipinski definition) is 6. The standard InChI is InChI=1S/C16H13N3O4S/c1-23-16(20)12-8-13(10-17-9-12)24(21,22)19-14-6-2-4-11-5-3-7-18-15(11)14/h2-10,19H,1H3. The van der Waals surface area contributed by atoms with Gasteiger partial charge in [0.15, 0.2) is 0 Å². The summed E-state index contributed by atoms with van der Waals surface area (Å²) < 4.78 is 32.2. The molecule has 0 spiro atoms. The molecule has 3 aromatic rings. The van der Waals surface area contributed by atoms with Gasteiger partial charge in [-0.25, -0.2) is 13.2 Å². The largest absolute Gasteiger partial charge is 0.465 e. The van der Waals surface area contributed by atoms with Crippen molar-refractivity contribution in [1.29, 1.82) is 0 Å². The number of benzene rings is 1. The molecule has 0 amide bonds. The Morgan fingerprint density at radius 3 is 2.75 bits per heavy atom. The Labute approximate surface area is 138 Å². The van der Waals surface area contributed by atoms with Crippen LogP contribution in [0.25, 0.3) is 10.9 Å². The Morgan fingerprint density at radius 1 is 1.17 bits per heavy atom. The number of ether oxygens (including phenoxy) is 1. The SMILES string of the molecule is COC(=O)c1cncc(S(=O)(=O)Nc2cccc3cccnc23)c1. The summed E-state index contributed by atoms with van der Waals surface area (Å²) in [6.45, 7) is 0. The van der Waals surface area contributed by atoms with Crippen LogP contribution in [0.15, 0.2) is 59.9 Å². The molecule has 0 unspecified atom stereocenters. The predicted molar refractivity (Wildman–Crippen MR) is 88.1 cm³/mol. The van der Waals surface area contributed by atoms with E-state index in [1.165, 1.54) is 19.4 Å². The molecule has 0 fully saturated rings. The van der Waals surface area contributed by atoms with E-state index < -0.39 is 16.0 Å². The number of hydrogen-bond donors (Lipinski definition) is 1. The minimum atomic E-state index is -3.93. The Hall–Kier alpha value is -3.00. The topological polar surface area (TPSA) is 98.2 Å². The first-order chi connectivity index (χ1) is 11.5. The molecule has 1 aromatic carbocycles. The molecule has 24 heavy (non-hydrogen) atoms. The zero-order valence-electron chi connectivity index (χ0n) is 12.6. The Kier molecular flexibility index (Phi) is 4.13. The van der Waals surface area contributed by atoms with Crippen molar-refractivity contribution in [2.45, 2.75) is 4.90 Å². The van der Waals surface area contributed by atoms with E-state index in [1.54, 1.807) is 24.4 Å². The quantitative estimate of drug-likeness (QED) is 0.729. The van der Waals surface area contributed by atoms with E-state index in [4.69, 9.17) is 0 Å². The second-order valence-corrected chi connectivity index (χ2v) is 6.57. The molecule has 2 heterocycles. The number of para-hydroxylation sites is 1. The summed E-state index contributed by atoms with van der Waals surface area (Å²) in [5.74, 6) is -0.661. The molecule has 0 aliphatic carbocycles. The lowest BCUT2D eigenvalue weighted by atomic mass is 10.2. The van der Waals surface area contributed by atoms with Crippen LogP contribution in [0, 0.1) is 0 Å². The second-order valence-electron chi connectivity index (χ2n) is 4.89. The lowest BCUT2D eigenvalue weighted by Crippen LogP contribution is -2.15. The number of aromatic nitrogens is 2. The molecular formula is C16H13N3O4S. The minimum absolute atomic E-state index is 0.0522. The number of sulfonamides is 1. The Morgan fingerprint density at radius 2 is 1.96 bits per heavy atom. The fourth-order valence-corrected chi connectivity index (χ4v) is 3.24. The van der Waals surface area contributed by atoms with Crippen LogP contribution >= 0.6 is 0 Å². The van der Waals surface area contributed by atoms with Crippen molar-refractivity contribution < 1.29 is 17.9 Å². The van der Waals surface area contributed by atoms with E-state index in [9.17, 15) is 13.2 Å². The van der Waals surface area contributed by atoms with Crippen LogP contribution in [0.5, 0.6) is 0 Å². The van der Waals surface area contributed by atoms with Gasteiger partial charge in [0.2, 0.25) is 0 Å². The van der Waals surface area contributed by atoms with Crippen molar-refractivity contribution in [2.75, 3.05) is 11.8 Å². The summed E-state index contributed by atoms with van der Waals surface area (Å²) in [4.78, 5) is 19.4. The van der Waals surface area contributed by atoms with Crippen molar-refractivity contribution in [1.82, 2.24) is 9.97 Å². The number of rotatable bonds is 4. The zero-order valence-corrected chi connectivity index (χ0v) is 13.4. The molecule has 2 aromatic heterocycles. The maximum atomic E-state index is 12.6. The van der Waals surface area contributed by atoms with E-state index in [2.05, 4.69) is 19.4 Å². The van der Waals surface area contributed by atoms with Gasteiger partial charge in [-0.15, -0.1) is 0 Å². The number of pyridine rings is 2. The van der Waals surface area contributed by atoms with Crippen LogP contribution in [0.3, 0.4) is 0 Å². The lowest BCUT2D eigenvalue weighted by Gasteiger charge is -2.10. The third-order valence-corrected chi connectivity index (χ3v) is 4.65. The third kappa shape index (κ3) is 3.04. The summed E-state index contributed by atoms with van der Waals surface area (Å²) in [7, 11) is -2.72. The molecular weight excluding hydrogens is 330 g/mol. The van der Waals surface area contributed by atoms with Gasteiger partial charge < -0.3 is 4.74 Å². The fourth-order valence-electron chi connectivity index (χ4n) is 2.19. The maximum absolute atomic E-state index is 12.6. The highest BCUT2D eigenvalue weighted by atomic mass is 32.2. The van der Waals surface area contributed by atoms with Crippen molar-refractivity contribution in [2.24, 2.45) is 0 Å². The normalized spacial score (nSPS) is 11.2. The van der Waals surface area contributed by atoms with Gasteiger partial charge in [0.1, 0.15) is 4.90 Å². The predicted octanol–water partition coefficient (Wildman–Crippen LogP) is 2.22. The molecule has 0 saturated carbocycles. The van der Waals surface area contributed by atoms with Crippen LogP contribution in [0.2, 0.25) is 0 Å². The summed E-state index contributed by atoms with van der Waals surface area (Å²) >= 11 is 0. The van der Waals surface area contributed by atoms with Crippen LogP contribution in [-0.4, -0.2) is 31.5 Å². The van der Waals surface area contributed by atoms with Gasteiger partial charge in [0.25, 0.3) is 10.0 Å². The van der Waals surface area contributed by atoms with Gasteiger partial charge in [-0.05, 0) is 18.2 Å². The van der Waals surface area contributed by atoms with E-state index in [-0.39, 0.29) is 10.5 Å². The van der Waals surface area contributed by atoms with Gasteiger partial charge >= 0.3 is 5.97 Å². The lowest BCUT2D eigenvalue weighted by molar-refractivity contribution is 0.0600. The summed E-state index contributed by atoms with van der Waals surface area (Å²) in [6.07, 6.45) is 3.98. The number of fused-ring (bicyclic) bond motifs is 1. The average Bonchev–Trinajstić information content (AvgIpc) is 2.61. The summed E-state index contributed by atoms with van der Waals surface area (Å²) in [5, 5.41) is 0.805. The Bertz CT molecular complexity index is 1010. The average molecular weight is 343 g/mol. The molecule has 0 aliphatic rings. The van der Waals surface area contributed by atoms with Crippen molar-refractivity contribution in [3.63, 3.8) is 0 Å². The van der Waals surface area contributed by atoms with Crippen molar-refractivity contribution >= 4 is 32.6 Å². The molecule has 0 bridgehead atoms. The van der Waals surface area contributed by atoms with Gasteiger partial charge in [-0.3, -0.25) is 14.7 Å². The second kappa shape index (κ2) is 6.25. The van der Waals surface area contributed by atoms with E-state index in [1.807, 2.05) is 12.1 Å². The number of anilines is 1. The first-order valence-corrected chi connectivity index (χ1v) is 8.39. The maximum Gasteiger partial charge on any atom is 0.339 e. The van der Waals surface area contributed by atoms with E-state index >= 15 is 0 Å². The number of nitrogens with zero attached hydrogens (tertiary/aromatic N) is 2. The summed E-state index contributed by atoms with van der Waals surface area (Å²) in [6, 6.07) is 9.98. The fraction of sp³-hybridized carbons (Fsp3) is 0.0625. The highest BCUT2D eigenvalue weighted by Gasteiger charge is 2.18. The van der Waals surface area contributed by atoms with Crippen LogP contribution in [0.1, 0.15) is 10.4 Å².